The quantitative estimate of drug-likeness (QED) is 0.717. The number of hydrogen-bond donors (Lipinski definition) is 0. The molecule has 1 aliphatic carbocycles. The first-order chi connectivity index (χ1) is 12.7. The van der Waals surface area contributed by atoms with Crippen LogP contribution in [0.2, 0.25) is 0 Å². The van der Waals surface area contributed by atoms with Crippen molar-refractivity contribution in [3.05, 3.63) is 54.4 Å². The van der Waals surface area contributed by atoms with Gasteiger partial charge in [0.25, 0.3) is 0 Å². The highest BCUT2D eigenvalue weighted by Gasteiger charge is 2.57. The molecule has 0 radical (unpaired) electrons. The fourth-order valence-electron chi connectivity index (χ4n) is 4.52. The highest BCUT2D eigenvalue weighted by Crippen LogP contribution is 2.61. The minimum absolute atomic E-state index is 0.201. The normalized spacial score (nSPS) is 20.7. The molecule has 6 heteroatoms. The van der Waals surface area contributed by atoms with Crippen LogP contribution in [0.25, 0.3) is 10.9 Å². The maximum absolute atomic E-state index is 14.6. The fraction of sp³-hybridized carbons (Fsp3) is 0.350. The molecule has 2 aromatic heterocycles. The van der Waals surface area contributed by atoms with Gasteiger partial charge in [-0.25, -0.2) is 14.4 Å². The van der Waals surface area contributed by atoms with Crippen LogP contribution in [0, 0.1) is 11.2 Å². The van der Waals surface area contributed by atoms with Gasteiger partial charge in [-0.2, -0.15) is 0 Å². The van der Waals surface area contributed by atoms with Crippen molar-refractivity contribution in [2.45, 2.75) is 25.3 Å². The Bertz CT molecular complexity index is 974. The number of halogens is 1. The minimum Gasteiger partial charge on any atom is -0.494 e. The molecule has 3 heterocycles. The van der Waals surface area contributed by atoms with E-state index in [2.05, 4.69) is 32.0 Å². The van der Waals surface area contributed by atoms with E-state index < -0.39 is 5.82 Å². The van der Waals surface area contributed by atoms with Gasteiger partial charge >= 0.3 is 0 Å². The predicted octanol–water partition coefficient (Wildman–Crippen LogP) is 3.90. The molecule has 1 spiro atoms. The van der Waals surface area contributed by atoms with Crippen LogP contribution < -0.4 is 9.64 Å². The molecule has 2 aliphatic rings. The van der Waals surface area contributed by atoms with Gasteiger partial charge in [-0.3, -0.25) is 4.98 Å². The Morgan fingerprint density at radius 2 is 1.96 bits per heavy atom. The monoisotopic (exact) mass is 350 g/mol. The number of nitrogens with zero attached hydrogens (tertiary/aromatic N) is 4. The summed E-state index contributed by atoms with van der Waals surface area (Å²) in [5.74, 6) is 0.552. The molecule has 1 unspecified atom stereocenters. The zero-order valence-electron chi connectivity index (χ0n) is 14.5. The molecule has 1 saturated carbocycles. The maximum Gasteiger partial charge on any atom is 0.191 e. The number of hydrogen-bond acceptors (Lipinski definition) is 5. The summed E-state index contributed by atoms with van der Waals surface area (Å²) >= 11 is 0. The Morgan fingerprint density at radius 3 is 2.65 bits per heavy atom. The summed E-state index contributed by atoms with van der Waals surface area (Å²) < 4.78 is 19.7. The van der Waals surface area contributed by atoms with Gasteiger partial charge in [-0.15, -0.1) is 0 Å². The third kappa shape index (κ3) is 2.04. The first kappa shape index (κ1) is 15.5. The molecule has 3 aromatic rings. The minimum atomic E-state index is -0.437. The van der Waals surface area contributed by atoms with Crippen LogP contribution in [0.3, 0.4) is 0 Å². The van der Waals surface area contributed by atoms with Crippen LogP contribution >= 0.6 is 0 Å². The molecular weight excluding hydrogens is 331 g/mol. The van der Waals surface area contributed by atoms with E-state index >= 15 is 0 Å². The van der Waals surface area contributed by atoms with Crippen molar-refractivity contribution >= 4 is 16.7 Å². The average molecular weight is 350 g/mol. The summed E-state index contributed by atoms with van der Waals surface area (Å²) in [6.07, 6.45) is 8.83. The Labute approximate surface area is 150 Å². The molecule has 26 heavy (non-hydrogen) atoms. The second kappa shape index (κ2) is 5.62. The third-order valence-electron chi connectivity index (χ3n) is 5.93. The standard InChI is InChI=1S/C20H19FN4O/c1-26-15-4-3-14-17(16(15)21)23-12-24-19(14)25-11-20(7-2-8-20)18(25)13-5-9-22-10-6-13/h3-6,9-10,12,18H,2,7-8,11H2,1H3. The molecule has 0 bridgehead atoms. The topological polar surface area (TPSA) is 51.1 Å². The van der Waals surface area contributed by atoms with E-state index in [1.807, 2.05) is 18.5 Å². The van der Waals surface area contributed by atoms with Crippen molar-refractivity contribution < 1.29 is 9.13 Å². The zero-order valence-corrected chi connectivity index (χ0v) is 14.5. The lowest BCUT2D eigenvalue weighted by Gasteiger charge is -2.63. The summed E-state index contributed by atoms with van der Waals surface area (Å²) in [6.45, 7) is 0.944. The molecule has 1 aromatic carbocycles. The van der Waals surface area contributed by atoms with E-state index in [0.717, 1.165) is 17.7 Å². The summed E-state index contributed by atoms with van der Waals surface area (Å²) in [4.78, 5) is 15.1. The van der Waals surface area contributed by atoms with E-state index in [1.165, 1.54) is 38.3 Å². The smallest absolute Gasteiger partial charge is 0.191 e. The molecule has 0 N–H and O–H groups in total. The van der Waals surface area contributed by atoms with Crippen molar-refractivity contribution in [2.75, 3.05) is 18.6 Å². The van der Waals surface area contributed by atoms with Gasteiger partial charge in [0.2, 0.25) is 0 Å². The van der Waals surface area contributed by atoms with Crippen LogP contribution in [0.5, 0.6) is 5.75 Å². The molecule has 1 aliphatic heterocycles. The second-order valence-corrected chi connectivity index (χ2v) is 7.20. The van der Waals surface area contributed by atoms with E-state index in [4.69, 9.17) is 4.74 Å². The van der Waals surface area contributed by atoms with Gasteiger partial charge in [0.05, 0.1) is 13.2 Å². The van der Waals surface area contributed by atoms with Crippen molar-refractivity contribution in [2.24, 2.45) is 5.41 Å². The Hall–Kier alpha value is -2.76. The number of benzene rings is 1. The van der Waals surface area contributed by atoms with Gasteiger partial charge in [-0.05, 0) is 42.7 Å². The van der Waals surface area contributed by atoms with Crippen LogP contribution in [0.4, 0.5) is 10.2 Å². The third-order valence-corrected chi connectivity index (χ3v) is 5.93. The number of aromatic nitrogens is 3. The lowest BCUT2D eigenvalue weighted by molar-refractivity contribution is 0.0279. The van der Waals surface area contributed by atoms with E-state index in [0.29, 0.717) is 10.9 Å². The van der Waals surface area contributed by atoms with Gasteiger partial charge in [0, 0.05) is 29.7 Å². The average Bonchev–Trinajstić information content (AvgIpc) is 2.61. The Balaban J connectivity index is 1.62. The van der Waals surface area contributed by atoms with Crippen molar-refractivity contribution in [3.63, 3.8) is 0 Å². The predicted molar refractivity (Wildman–Crippen MR) is 96.7 cm³/mol. The van der Waals surface area contributed by atoms with E-state index in [9.17, 15) is 4.39 Å². The number of ether oxygens (including phenoxy) is 1. The maximum atomic E-state index is 14.6. The number of anilines is 1. The lowest BCUT2D eigenvalue weighted by atomic mass is 9.56. The van der Waals surface area contributed by atoms with E-state index in [-0.39, 0.29) is 11.8 Å². The number of pyridine rings is 1. The van der Waals surface area contributed by atoms with Crippen molar-refractivity contribution in [1.82, 2.24) is 15.0 Å². The summed E-state index contributed by atoms with van der Waals surface area (Å²) in [5.41, 5.74) is 1.85. The van der Waals surface area contributed by atoms with Crippen molar-refractivity contribution in [1.29, 1.82) is 0 Å². The second-order valence-electron chi connectivity index (χ2n) is 7.20. The number of methoxy groups -OCH3 is 1. The summed E-state index contributed by atoms with van der Waals surface area (Å²) in [6, 6.07) is 7.89. The van der Waals surface area contributed by atoms with Gasteiger partial charge in [-0.1, -0.05) is 6.42 Å². The molecule has 2 fully saturated rings. The van der Waals surface area contributed by atoms with E-state index in [1.54, 1.807) is 6.07 Å². The molecule has 5 rings (SSSR count). The molecular formula is C20H19FN4O. The summed E-state index contributed by atoms with van der Waals surface area (Å²) in [7, 11) is 1.46. The fourth-order valence-corrected chi connectivity index (χ4v) is 4.52. The highest BCUT2D eigenvalue weighted by molar-refractivity contribution is 5.91. The van der Waals surface area contributed by atoms with Crippen LogP contribution in [0.15, 0.2) is 43.0 Å². The van der Waals surface area contributed by atoms with Gasteiger partial charge in [0.15, 0.2) is 11.6 Å². The van der Waals surface area contributed by atoms with Crippen LogP contribution in [-0.4, -0.2) is 28.6 Å². The molecule has 132 valence electrons. The number of fused-ring (bicyclic) bond motifs is 1. The number of rotatable bonds is 3. The van der Waals surface area contributed by atoms with Crippen LogP contribution in [-0.2, 0) is 0 Å². The van der Waals surface area contributed by atoms with Crippen LogP contribution in [0.1, 0.15) is 30.9 Å². The van der Waals surface area contributed by atoms with Gasteiger partial charge in [0.1, 0.15) is 17.7 Å². The Morgan fingerprint density at radius 1 is 1.15 bits per heavy atom. The lowest BCUT2D eigenvalue weighted by Crippen LogP contribution is -2.62. The summed E-state index contributed by atoms with van der Waals surface area (Å²) in [5, 5.41) is 0.721. The SMILES string of the molecule is COc1ccc2c(N3CC4(CCC4)C3c3ccncc3)ncnc2c1F. The molecule has 0 amide bonds. The zero-order chi connectivity index (χ0) is 17.7. The Kier molecular flexibility index (Phi) is 3.35. The first-order valence-electron chi connectivity index (χ1n) is 8.87. The molecule has 5 nitrogen and oxygen atoms in total. The highest BCUT2D eigenvalue weighted by atomic mass is 19.1. The largest absolute Gasteiger partial charge is 0.494 e. The molecule has 1 saturated heterocycles. The van der Waals surface area contributed by atoms with Gasteiger partial charge < -0.3 is 9.64 Å². The van der Waals surface area contributed by atoms with Crippen molar-refractivity contribution in [3.8, 4) is 5.75 Å². The first-order valence-corrected chi connectivity index (χ1v) is 8.87. The molecule has 1 atom stereocenters.